The van der Waals surface area contributed by atoms with Crippen molar-refractivity contribution in [3.8, 4) is 6.07 Å². The van der Waals surface area contributed by atoms with Crippen LogP contribution in [-0.4, -0.2) is 17.6 Å². The number of rotatable bonds is 4. The van der Waals surface area contributed by atoms with E-state index in [1.54, 1.807) is 0 Å². The zero-order chi connectivity index (χ0) is 14.0. The molecule has 1 unspecified atom stereocenters. The molecule has 0 aromatic carbocycles. The van der Waals surface area contributed by atoms with Crippen LogP contribution in [0.5, 0.6) is 0 Å². The average molecular weight is 270 g/mol. The molecule has 19 heavy (non-hydrogen) atoms. The van der Waals surface area contributed by atoms with Gasteiger partial charge in [0.1, 0.15) is 17.6 Å². The second-order valence-electron chi connectivity index (χ2n) is 4.58. The molecule has 7 heteroatoms. The smallest absolute Gasteiger partial charge is 0.367 e. The van der Waals surface area contributed by atoms with Gasteiger partial charge in [-0.3, -0.25) is 0 Å². The standard InChI is InChI=1S/C12H13F3N4/c13-12(14,15)10-4-3-8(5-16)11(19-10)18-6-9(17)7-1-2-7/h3-4,7,9H,1-2,6,17H2,(H,18,19). The van der Waals surface area contributed by atoms with Gasteiger partial charge in [0, 0.05) is 12.6 Å². The molecule has 1 saturated carbocycles. The van der Waals surface area contributed by atoms with Crippen LogP contribution in [0.2, 0.25) is 0 Å². The van der Waals surface area contributed by atoms with E-state index in [4.69, 9.17) is 11.0 Å². The molecule has 1 fully saturated rings. The molecule has 0 radical (unpaired) electrons. The summed E-state index contributed by atoms with van der Waals surface area (Å²) in [6, 6.07) is 3.60. The number of hydrogen-bond acceptors (Lipinski definition) is 4. The van der Waals surface area contributed by atoms with E-state index < -0.39 is 11.9 Å². The summed E-state index contributed by atoms with van der Waals surface area (Å²) < 4.78 is 37.6. The van der Waals surface area contributed by atoms with Crippen molar-refractivity contribution in [1.29, 1.82) is 5.26 Å². The molecule has 1 aromatic heterocycles. The van der Waals surface area contributed by atoms with Crippen molar-refractivity contribution in [1.82, 2.24) is 4.98 Å². The summed E-state index contributed by atoms with van der Waals surface area (Å²) in [6.45, 7) is 0.313. The van der Waals surface area contributed by atoms with E-state index in [2.05, 4.69) is 10.3 Å². The van der Waals surface area contributed by atoms with Crippen LogP contribution in [0.3, 0.4) is 0 Å². The van der Waals surface area contributed by atoms with E-state index >= 15 is 0 Å². The van der Waals surface area contributed by atoms with Gasteiger partial charge in [0.2, 0.25) is 0 Å². The first kappa shape index (κ1) is 13.6. The molecule has 3 N–H and O–H groups in total. The third kappa shape index (κ3) is 3.35. The summed E-state index contributed by atoms with van der Waals surface area (Å²) in [5.41, 5.74) is 4.91. The predicted molar refractivity (Wildman–Crippen MR) is 63.1 cm³/mol. The fourth-order valence-corrected chi connectivity index (χ4v) is 1.75. The van der Waals surface area contributed by atoms with Crippen LogP contribution in [0.1, 0.15) is 24.1 Å². The number of anilines is 1. The summed E-state index contributed by atoms with van der Waals surface area (Å²) in [6.07, 6.45) is -2.43. The molecule has 1 atom stereocenters. The Morgan fingerprint density at radius 3 is 2.68 bits per heavy atom. The third-order valence-electron chi connectivity index (χ3n) is 3.04. The van der Waals surface area contributed by atoms with Crippen LogP contribution >= 0.6 is 0 Å². The van der Waals surface area contributed by atoms with Crippen LogP contribution in [0, 0.1) is 17.2 Å². The van der Waals surface area contributed by atoms with Gasteiger partial charge in [0.05, 0.1) is 5.56 Å². The first-order valence-corrected chi connectivity index (χ1v) is 5.89. The number of nitrogens with zero attached hydrogens (tertiary/aromatic N) is 2. The Morgan fingerprint density at radius 1 is 1.47 bits per heavy atom. The van der Waals surface area contributed by atoms with Crippen LogP contribution in [-0.2, 0) is 6.18 Å². The van der Waals surface area contributed by atoms with E-state index in [-0.39, 0.29) is 17.4 Å². The van der Waals surface area contributed by atoms with E-state index in [0.29, 0.717) is 12.5 Å². The van der Waals surface area contributed by atoms with Gasteiger partial charge >= 0.3 is 6.18 Å². The Balaban J connectivity index is 2.14. The molecule has 102 valence electrons. The van der Waals surface area contributed by atoms with Crippen LogP contribution in [0.25, 0.3) is 0 Å². The topological polar surface area (TPSA) is 74.7 Å². The Bertz CT molecular complexity index is 503. The number of nitrogens with two attached hydrogens (primary N) is 1. The second-order valence-corrected chi connectivity index (χ2v) is 4.58. The summed E-state index contributed by atoms with van der Waals surface area (Å²) in [5, 5.41) is 11.6. The van der Waals surface area contributed by atoms with Crippen molar-refractivity contribution in [2.75, 3.05) is 11.9 Å². The molecule has 1 aliphatic carbocycles. The van der Waals surface area contributed by atoms with Crippen LogP contribution in [0.15, 0.2) is 12.1 Å². The predicted octanol–water partition coefficient (Wildman–Crippen LogP) is 2.12. The molecule has 4 nitrogen and oxygen atoms in total. The highest BCUT2D eigenvalue weighted by atomic mass is 19.4. The van der Waals surface area contributed by atoms with Crippen LogP contribution in [0.4, 0.5) is 19.0 Å². The van der Waals surface area contributed by atoms with Crippen LogP contribution < -0.4 is 11.1 Å². The number of nitriles is 1. The Morgan fingerprint density at radius 2 is 2.16 bits per heavy atom. The molecule has 0 amide bonds. The normalized spacial score (nSPS) is 16.8. The molecule has 0 spiro atoms. The fourth-order valence-electron chi connectivity index (χ4n) is 1.75. The molecule has 0 aliphatic heterocycles. The summed E-state index contributed by atoms with van der Waals surface area (Å²) in [4.78, 5) is 3.45. The maximum absolute atomic E-state index is 12.5. The van der Waals surface area contributed by atoms with Crippen molar-refractivity contribution in [2.45, 2.75) is 25.1 Å². The highest BCUT2D eigenvalue weighted by Crippen LogP contribution is 2.32. The fraction of sp³-hybridized carbons (Fsp3) is 0.500. The zero-order valence-corrected chi connectivity index (χ0v) is 10.0. The summed E-state index contributed by atoms with van der Waals surface area (Å²) in [7, 11) is 0. The van der Waals surface area contributed by atoms with Crippen molar-refractivity contribution in [2.24, 2.45) is 11.7 Å². The van der Waals surface area contributed by atoms with Crippen molar-refractivity contribution in [3.05, 3.63) is 23.4 Å². The van der Waals surface area contributed by atoms with Gasteiger partial charge in [-0.1, -0.05) is 0 Å². The number of alkyl halides is 3. The van der Waals surface area contributed by atoms with E-state index in [1.807, 2.05) is 6.07 Å². The lowest BCUT2D eigenvalue weighted by Crippen LogP contribution is -2.31. The Labute approximate surface area is 108 Å². The van der Waals surface area contributed by atoms with Gasteiger partial charge < -0.3 is 11.1 Å². The Kier molecular flexibility index (Phi) is 3.62. The lowest BCUT2D eigenvalue weighted by molar-refractivity contribution is -0.141. The monoisotopic (exact) mass is 270 g/mol. The Hall–Kier alpha value is -1.81. The van der Waals surface area contributed by atoms with Crippen molar-refractivity contribution in [3.63, 3.8) is 0 Å². The SMILES string of the molecule is N#Cc1ccc(C(F)(F)F)nc1NCC(N)C1CC1. The first-order valence-electron chi connectivity index (χ1n) is 5.89. The minimum atomic E-state index is -4.52. The van der Waals surface area contributed by atoms with Gasteiger partial charge in [-0.2, -0.15) is 18.4 Å². The number of hydrogen-bond donors (Lipinski definition) is 2. The molecule has 2 rings (SSSR count). The number of halogens is 3. The second kappa shape index (κ2) is 5.05. The number of pyridine rings is 1. The molecule has 1 heterocycles. The lowest BCUT2D eigenvalue weighted by atomic mass is 10.2. The van der Waals surface area contributed by atoms with Crippen molar-refractivity contribution < 1.29 is 13.2 Å². The van der Waals surface area contributed by atoms with Gasteiger partial charge in [0.15, 0.2) is 0 Å². The lowest BCUT2D eigenvalue weighted by Gasteiger charge is -2.14. The highest BCUT2D eigenvalue weighted by molar-refractivity contribution is 5.52. The van der Waals surface area contributed by atoms with Crippen molar-refractivity contribution >= 4 is 5.82 Å². The maximum atomic E-state index is 12.5. The molecule has 0 bridgehead atoms. The van der Waals surface area contributed by atoms with Gasteiger partial charge in [-0.15, -0.1) is 0 Å². The first-order chi connectivity index (χ1) is 8.91. The maximum Gasteiger partial charge on any atom is 0.433 e. The van der Waals surface area contributed by atoms with Gasteiger partial charge in [-0.25, -0.2) is 4.98 Å². The quantitative estimate of drug-likeness (QED) is 0.878. The minimum Gasteiger partial charge on any atom is -0.367 e. The molecule has 1 aliphatic rings. The molecular weight excluding hydrogens is 257 g/mol. The highest BCUT2D eigenvalue weighted by Gasteiger charge is 2.33. The number of nitrogens with one attached hydrogen (secondary N) is 1. The third-order valence-corrected chi connectivity index (χ3v) is 3.04. The number of aromatic nitrogens is 1. The van der Waals surface area contributed by atoms with Gasteiger partial charge in [0.25, 0.3) is 0 Å². The van der Waals surface area contributed by atoms with E-state index in [1.165, 1.54) is 0 Å². The summed E-state index contributed by atoms with van der Waals surface area (Å²) in [5.74, 6) is 0.359. The largest absolute Gasteiger partial charge is 0.433 e. The zero-order valence-electron chi connectivity index (χ0n) is 10.0. The minimum absolute atomic E-state index is 0.0616. The molecule has 0 saturated heterocycles. The molecular formula is C12H13F3N4. The summed E-state index contributed by atoms with van der Waals surface area (Å²) >= 11 is 0. The van der Waals surface area contributed by atoms with E-state index in [0.717, 1.165) is 25.0 Å². The van der Waals surface area contributed by atoms with E-state index in [9.17, 15) is 13.2 Å². The molecule has 1 aromatic rings. The van der Waals surface area contributed by atoms with Gasteiger partial charge in [-0.05, 0) is 30.9 Å². The average Bonchev–Trinajstić information content (AvgIpc) is 3.18.